The van der Waals surface area contributed by atoms with Crippen LogP contribution in [-0.2, 0) is 6.54 Å². The first-order valence-electron chi connectivity index (χ1n) is 8.58. The number of nitrogens with one attached hydrogen (secondary N) is 1. The van der Waals surface area contributed by atoms with Crippen molar-refractivity contribution in [3.8, 4) is 17.1 Å². The van der Waals surface area contributed by atoms with Gasteiger partial charge in [0.1, 0.15) is 17.3 Å². The topological polar surface area (TPSA) is 37.6 Å². The number of halogens is 3. The Kier molecular flexibility index (Phi) is 9.83. The molecule has 0 bridgehead atoms. The van der Waals surface area contributed by atoms with Crippen LogP contribution in [0.5, 0.6) is 5.75 Å². The Labute approximate surface area is 173 Å². The number of methoxy groups -OCH3 is 1. The summed E-state index contributed by atoms with van der Waals surface area (Å²) >= 11 is 6.19. The molecule has 1 fully saturated rings. The normalized spacial score (nSPS) is 16.8. The Bertz CT molecular complexity index is 679. The van der Waals surface area contributed by atoms with Crippen molar-refractivity contribution in [2.24, 2.45) is 0 Å². The average Bonchev–Trinajstić information content (AvgIpc) is 3.24. The Morgan fingerprint density at radius 1 is 1.27 bits per heavy atom. The Morgan fingerprint density at radius 3 is 2.77 bits per heavy atom. The summed E-state index contributed by atoms with van der Waals surface area (Å²) < 4.78 is 11.1. The summed E-state index contributed by atoms with van der Waals surface area (Å²) in [7, 11) is 1.61. The second kappa shape index (κ2) is 11.1. The molecule has 0 saturated carbocycles. The molecule has 7 heteroatoms. The van der Waals surface area contributed by atoms with Crippen LogP contribution in [-0.4, -0.2) is 37.7 Å². The van der Waals surface area contributed by atoms with E-state index in [-0.39, 0.29) is 24.8 Å². The minimum absolute atomic E-state index is 0. The molecule has 2 heterocycles. The van der Waals surface area contributed by atoms with Crippen LogP contribution in [0.3, 0.4) is 0 Å². The Hall–Kier alpha value is -0.910. The molecule has 1 atom stereocenters. The third-order valence-corrected chi connectivity index (χ3v) is 4.98. The number of ether oxygens (including phenoxy) is 1. The number of hydrogen-bond acceptors (Lipinski definition) is 4. The molecule has 1 aliphatic rings. The van der Waals surface area contributed by atoms with Crippen molar-refractivity contribution in [3.05, 3.63) is 41.1 Å². The van der Waals surface area contributed by atoms with Crippen LogP contribution in [0.15, 0.2) is 34.7 Å². The van der Waals surface area contributed by atoms with E-state index < -0.39 is 0 Å². The van der Waals surface area contributed by atoms with E-state index in [2.05, 4.69) is 17.1 Å². The van der Waals surface area contributed by atoms with Gasteiger partial charge in [-0.1, -0.05) is 18.5 Å². The molecule has 146 valence electrons. The lowest BCUT2D eigenvalue weighted by Gasteiger charge is -2.22. The van der Waals surface area contributed by atoms with E-state index in [0.29, 0.717) is 16.8 Å². The largest absolute Gasteiger partial charge is 0.495 e. The smallest absolute Gasteiger partial charge is 0.137 e. The van der Waals surface area contributed by atoms with E-state index in [1.165, 1.54) is 19.4 Å². The number of likely N-dealkylation sites (N-methyl/N-ethyl adjacent to an activating group) is 1. The molecule has 2 aromatic rings. The highest BCUT2D eigenvalue weighted by atomic mass is 35.5. The first-order chi connectivity index (χ1) is 11.7. The molecule has 1 unspecified atom stereocenters. The van der Waals surface area contributed by atoms with Crippen LogP contribution in [0.4, 0.5) is 0 Å². The van der Waals surface area contributed by atoms with Gasteiger partial charge >= 0.3 is 0 Å². The Morgan fingerprint density at radius 2 is 2.08 bits per heavy atom. The predicted molar refractivity (Wildman–Crippen MR) is 112 cm³/mol. The van der Waals surface area contributed by atoms with Gasteiger partial charge in [-0.2, -0.15) is 0 Å². The number of hydrogen-bond donors (Lipinski definition) is 1. The number of likely N-dealkylation sites (tertiary alicyclic amines) is 1. The fourth-order valence-electron chi connectivity index (χ4n) is 3.35. The molecule has 0 spiro atoms. The minimum atomic E-state index is 0. The van der Waals surface area contributed by atoms with E-state index in [1.54, 1.807) is 7.11 Å². The number of rotatable bonds is 7. The van der Waals surface area contributed by atoms with Gasteiger partial charge in [-0.25, -0.2) is 0 Å². The van der Waals surface area contributed by atoms with Crippen molar-refractivity contribution in [1.29, 1.82) is 0 Å². The fraction of sp³-hybridized carbons (Fsp3) is 0.474. The van der Waals surface area contributed by atoms with Crippen molar-refractivity contribution in [2.45, 2.75) is 32.4 Å². The van der Waals surface area contributed by atoms with Gasteiger partial charge in [0, 0.05) is 18.2 Å². The van der Waals surface area contributed by atoms with Crippen LogP contribution >= 0.6 is 36.4 Å². The summed E-state index contributed by atoms with van der Waals surface area (Å²) in [6.45, 7) is 6.36. The molecule has 4 nitrogen and oxygen atoms in total. The lowest BCUT2D eigenvalue weighted by atomic mass is 10.2. The molecule has 1 saturated heterocycles. The zero-order valence-electron chi connectivity index (χ0n) is 15.2. The third kappa shape index (κ3) is 5.54. The summed E-state index contributed by atoms with van der Waals surface area (Å²) in [5, 5.41) is 4.11. The zero-order chi connectivity index (χ0) is 16.9. The summed E-state index contributed by atoms with van der Waals surface area (Å²) in [5.41, 5.74) is 0.958. The highest BCUT2D eigenvalue weighted by Gasteiger charge is 2.22. The summed E-state index contributed by atoms with van der Waals surface area (Å²) in [4.78, 5) is 2.54. The SMILES string of the molecule is CCN1CCCC1CNCc1ccc(-c2ccc(OC)c(Cl)c2)o1.Cl.Cl. The maximum absolute atomic E-state index is 6.19. The molecule has 0 radical (unpaired) electrons. The molecular weight excluding hydrogens is 395 g/mol. The minimum Gasteiger partial charge on any atom is -0.495 e. The highest BCUT2D eigenvalue weighted by Crippen LogP contribution is 2.31. The number of furan rings is 1. The standard InChI is InChI=1S/C19H25ClN2O2.2ClH/c1-3-22-10-4-5-15(22)12-21-13-16-7-9-18(24-16)14-6-8-19(23-2)17(20)11-14;;/h6-9,11,15,21H,3-5,10,12-13H2,1-2H3;2*1H. The van der Waals surface area contributed by atoms with Crippen molar-refractivity contribution in [2.75, 3.05) is 26.7 Å². The quantitative estimate of drug-likeness (QED) is 0.680. The van der Waals surface area contributed by atoms with Gasteiger partial charge in [-0.3, -0.25) is 4.90 Å². The third-order valence-electron chi connectivity index (χ3n) is 4.68. The highest BCUT2D eigenvalue weighted by molar-refractivity contribution is 6.32. The summed E-state index contributed by atoms with van der Waals surface area (Å²) in [6.07, 6.45) is 2.60. The van der Waals surface area contributed by atoms with Gasteiger partial charge in [-0.15, -0.1) is 24.8 Å². The molecule has 1 N–H and O–H groups in total. The fourth-order valence-corrected chi connectivity index (χ4v) is 3.61. The monoisotopic (exact) mass is 420 g/mol. The maximum atomic E-state index is 6.19. The molecule has 26 heavy (non-hydrogen) atoms. The average molecular weight is 422 g/mol. The van der Waals surface area contributed by atoms with E-state index in [4.69, 9.17) is 20.8 Å². The van der Waals surface area contributed by atoms with Crippen molar-refractivity contribution >= 4 is 36.4 Å². The van der Waals surface area contributed by atoms with Gasteiger partial charge in [0.05, 0.1) is 18.7 Å². The van der Waals surface area contributed by atoms with E-state index in [1.807, 2.05) is 30.3 Å². The Balaban J connectivity index is 0.00000169. The zero-order valence-corrected chi connectivity index (χ0v) is 17.6. The van der Waals surface area contributed by atoms with Crippen molar-refractivity contribution in [3.63, 3.8) is 0 Å². The second-order valence-corrected chi connectivity index (χ2v) is 6.58. The summed E-state index contributed by atoms with van der Waals surface area (Å²) in [5.74, 6) is 2.44. The molecular formula is C19H27Cl3N2O2. The maximum Gasteiger partial charge on any atom is 0.137 e. The molecule has 1 aromatic heterocycles. The first-order valence-corrected chi connectivity index (χ1v) is 8.96. The van der Waals surface area contributed by atoms with Crippen LogP contribution in [0.1, 0.15) is 25.5 Å². The van der Waals surface area contributed by atoms with Gasteiger partial charge in [0.2, 0.25) is 0 Å². The second-order valence-electron chi connectivity index (χ2n) is 6.17. The number of nitrogens with zero attached hydrogens (tertiary/aromatic N) is 1. The van der Waals surface area contributed by atoms with Crippen LogP contribution < -0.4 is 10.1 Å². The van der Waals surface area contributed by atoms with Gasteiger partial charge in [-0.05, 0) is 56.3 Å². The van der Waals surface area contributed by atoms with Gasteiger partial charge in [0.15, 0.2) is 0 Å². The predicted octanol–water partition coefficient (Wildman–Crippen LogP) is 5.03. The number of benzene rings is 1. The van der Waals surface area contributed by atoms with E-state index in [9.17, 15) is 0 Å². The van der Waals surface area contributed by atoms with Crippen LogP contribution in [0.2, 0.25) is 5.02 Å². The van der Waals surface area contributed by atoms with Gasteiger partial charge < -0.3 is 14.5 Å². The van der Waals surface area contributed by atoms with Gasteiger partial charge in [0.25, 0.3) is 0 Å². The first kappa shape index (κ1) is 23.1. The lowest BCUT2D eigenvalue weighted by molar-refractivity contribution is 0.258. The lowest BCUT2D eigenvalue weighted by Crippen LogP contribution is -2.37. The van der Waals surface area contributed by atoms with Crippen molar-refractivity contribution < 1.29 is 9.15 Å². The van der Waals surface area contributed by atoms with Crippen molar-refractivity contribution in [1.82, 2.24) is 10.2 Å². The molecule has 0 aliphatic carbocycles. The molecule has 0 amide bonds. The molecule has 1 aromatic carbocycles. The van der Waals surface area contributed by atoms with E-state index in [0.717, 1.165) is 36.7 Å². The summed E-state index contributed by atoms with van der Waals surface area (Å²) in [6, 6.07) is 10.4. The molecule has 1 aliphatic heterocycles. The van der Waals surface area contributed by atoms with Crippen LogP contribution in [0, 0.1) is 0 Å². The van der Waals surface area contributed by atoms with Crippen LogP contribution in [0.25, 0.3) is 11.3 Å². The van der Waals surface area contributed by atoms with E-state index >= 15 is 0 Å². The molecule has 3 rings (SSSR count).